The Kier molecular flexibility index (Phi) is 2.96. The van der Waals surface area contributed by atoms with Crippen LogP contribution in [-0.2, 0) is 0 Å². The van der Waals surface area contributed by atoms with E-state index < -0.39 is 0 Å². The minimum absolute atomic E-state index is 0.814. The van der Waals surface area contributed by atoms with Crippen LogP contribution >= 0.6 is 0 Å². The molecule has 0 aromatic heterocycles. The van der Waals surface area contributed by atoms with Gasteiger partial charge in [-0.25, -0.2) is 0 Å². The third-order valence-electron chi connectivity index (χ3n) is 4.35. The predicted molar refractivity (Wildman–Crippen MR) is 57.8 cm³/mol. The van der Waals surface area contributed by atoms with Crippen LogP contribution in [0.4, 0.5) is 0 Å². The molecular formula is C13H24. The SMILES string of the molecule is CC1CCCCC2(CCCCC2)C1. The van der Waals surface area contributed by atoms with E-state index in [0.29, 0.717) is 0 Å². The van der Waals surface area contributed by atoms with Crippen molar-refractivity contribution in [2.24, 2.45) is 11.3 Å². The van der Waals surface area contributed by atoms with E-state index in [4.69, 9.17) is 0 Å². The highest BCUT2D eigenvalue weighted by molar-refractivity contribution is 4.86. The normalized spacial score (nSPS) is 34.4. The molecule has 0 saturated heterocycles. The first-order valence-electron chi connectivity index (χ1n) is 6.31. The standard InChI is InChI=1S/C13H24/c1-12-7-3-6-10-13(11-12)8-4-2-5-9-13/h12H,2-11H2,1H3. The molecule has 0 radical (unpaired) electrons. The van der Waals surface area contributed by atoms with Gasteiger partial charge in [0.2, 0.25) is 0 Å². The van der Waals surface area contributed by atoms with Crippen molar-refractivity contribution in [3.05, 3.63) is 0 Å². The maximum Gasteiger partial charge on any atom is -0.0295 e. The Hall–Kier alpha value is 0. The van der Waals surface area contributed by atoms with Crippen molar-refractivity contribution in [2.75, 3.05) is 0 Å². The highest BCUT2D eigenvalue weighted by Crippen LogP contribution is 2.47. The van der Waals surface area contributed by atoms with Gasteiger partial charge in [-0.2, -0.15) is 0 Å². The molecule has 0 aromatic rings. The number of hydrogen-bond acceptors (Lipinski definition) is 0. The molecule has 1 spiro atoms. The van der Waals surface area contributed by atoms with Crippen molar-refractivity contribution in [2.45, 2.75) is 71.1 Å². The second-order valence-electron chi connectivity index (χ2n) is 5.62. The predicted octanol–water partition coefficient (Wildman–Crippen LogP) is 4.54. The van der Waals surface area contributed by atoms with E-state index in [9.17, 15) is 0 Å². The molecule has 2 saturated carbocycles. The minimum atomic E-state index is 0.814. The molecule has 0 aliphatic heterocycles. The molecule has 0 heterocycles. The third kappa shape index (κ3) is 2.27. The van der Waals surface area contributed by atoms with Gasteiger partial charge in [0.25, 0.3) is 0 Å². The van der Waals surface area contributed by atoms with E-state index in [1.807, 2.05) is 0 Å². The Morgan fingerprint density at radius 3 is 2.15 bits per heavy atom. The zero-order chi connectivity index (χ0) is 9.15. The summed E-state index contributed by atoms with van der Waals surface area (Å²) in [4.78, 5) is 0. The van der Waals surface area contributed by atoms with Gasteiger partial charge in [-0.3, -0.25) is 0 Å². The molecule has 76 valence electrons. The summed E-state index contributed by atoms with van der Waals surface area (Å²) >= 11 is 0. The fraction of sp³-hybridized carbons (Fsp3) is 1.00. The summed E-state index contributed by atoms with van der Waals surface area (Å²) in [5.41, 5.74) is 0.814. The maximum absolute atomic E-state index is 2.47. The Balaban J connectivity index is 2.00. The summed E-state index contributed by atoms with van der Waals surface area (Å²) in [6.45, 7) is 2.47. The molecule has 0 nitrogen and oxygen atoms in total. The van der Waals surface area contributed by atoms with Gasteiger partial charge in [-0.1, -0.05) is 45.4 Å². The van der Waals surface area contributed by atoms with Gasteiger partial charge in [0.05, 0.1) is 0 Å². The Morgan fingerprint density at radius 1 is 0.846 bits per heavy atom. The molecule has 13 heavy (non-hydrogen) atoms. The summed E-state index contributed by atoms with van der Waals surface area (Å²) in [7, 11) is 0. The van der Waals surface area contributed by atoms with Gasteiger partial charge in [0, 0.05) is 0 Å². The largest absolute Gasteiger partial charge is 0.0625 e. The number of hydrogen-bond donors (Lipinski definition) is 0. The lowest BCUT2D eigenvalue weighted by molar-refractivity contribution is 0.143. The molecule has 0 N–H and O–H groups in total. The number of rotatable bonds is 0. The Bertz CT molecular complexity index is 153. The van der Waals surface area contributed by atoms with Crippen LogP contribution < -0.4 is 0 Å². The first-order chi connectivity index (χ1) is 6.31. The summed E-state index contributed by atoms with van der Waals surface area (Å²) in [5.74, 6) is 1.01. The lowest BCUT2D eigenvalue weighted by atomic mass is 9.68. The fourth-order valence-electron chi connectivity index (χ4n) is 3.69. The maximum atomic E-state index is 2.47. The molecule has 2 fully saturated rings. The molecule has 0 amide bonds. The first kappa shape index (κ1) is 9.55. The smallest absolute Gasteiger partial charge is 0.0295 e. The van der Waals surface area contributed by atoms with Gasteiger partial charge in [-0.05, 0) is 37.0 Å². The van der Waals surface area contributed by atoms with E-state index in [1.54, 1.807) is 25.7 Å². The topological polar surface area (TPSA) is 0 Å². The van der Waals surface area contributed by atoms with E-state index in [-0.39, 0.29) is 0 Å². The summed E-state index contributed by atoms with van der Waals surface area (Å²) in [5, 5.41) is 0. The minimum Gasteiger partial charge on any atom is -0.0625 e. The van der Waals surface area contributed by atoms with Crippen molar-refractivity contribution in [3.63, 3.8) is 0 Å². The average molecular weight is 180 g/mol. The monoisotopic (exact) mass is 180 g/mol. The highest BCUT2D eigenvalue weighted by atomic mass is 14.4. The summed E-state index contributed by atoms with van der Waals surface area (Å²) < 4.78 is 0. The molecule has 0 aromatic carbocycles. The molecular weight excluding hydrogens is 156 g/mol. The molecule has 1 unspecified atom stereocenters. The van der Waals surface area contributed by atoms with E-state index >= 15 is 0 Å². The summed E-state index contributed by atoms with van der Waals surface area (Å²) in [6.07, 6.45) is 15.3. The molecule has 0 bridgehead atoms. The zero-order valence-corrected chi connectivity index (χ0v) is 9.15. The van der Waals surface area contributed by atoms with Crippen LogP contribution in [0.15, 0.2) is 0 Å². The van der Waals surface area contributed by atoms with Gasteiger partial charge >= 0.3 is 0 Å². The van der Waals surface area contributed by atoms with Crippen LogP contribution in [0.5, 0.6) is 0 Å². The molecule has 2 aliphatic rings. The summed E-state index contributed by atoms with van der Waals surface area (Å²) in [6, 6.07) is 0. The third-order valence-corrected chi connectivity index (χ3v) is 4.35. The van der Waals surface area contributed by atoms with Gasteiger partial charge in [-0.15, -0.1) is 0 Å². The van der Waals surface area contributed by atoms with Crippen LogP contribution in [0.25, 0.3) is 0 Å². The highest BCUT2D eigenvalue weighted by Gasteiger charge is 2.34. The van der Waals surface area contributed by atoms with Crippen LogP contribution in [0.3, 0.4) is 0 Å². The zero-order valence-electron chi connectivity index (χ0n) is 9.15. The van der Waals surface area contributed by atoms with Crippen LogP contribution in [-0.4, -0.2) is 0 Å². The van der Waals surface area contributed by atoms with Gasteiger partial charge in [0.1, 0.15) is 0 Å². The van der Waals surface area contributed by atoms with Crippen LogP contribution in [0.1, 0.15) is 71.1 Å². The molecule has 1 atom stereocenters. The van der Waals surface area contributed by atoms with Crippen molar-refractivity contribution in [1.29, 1.82) is 0 Å². The van der Waals surface area contributed by atoms with Crippen LogP contribution in [0.2, 0.25) is 0 Å². The van der Waals surface area contributed by atoms with Gasteiger partial charge in [0.15, 0.2) is 0 Å². The van der Waals surface area contributed by atoms with Crippen molar-refractivity contribution in [1.82, 2.24) is 0 Å². The first-order valence-corrected chi connectivity index (χ1v) is 6.31. The van der Waals surface area contributed by atoms with Crippen molar-refractivity contribution in [3.8, 4) is 0 Å². The van der Waals surface area contributed by atoms with Crippen molar-refractivity contribution >= 4 is 0 Å². The fourth-order valence-corrected chi connectivity index (χ4v) is 3.69. The lowest BCUT2D eigenvalue weighted by Gasteiger charge is -2.38. The second kappa shape index (κ2) is 4.02. The molecule has 2 aliphatic carbocycles. The second-order valence-corrected chi connectivity index (χ2v) is 5.62. The van der Waals surface area contributed by atoms with E-state index in [1.165, 1.54) is 38.5 Å². The molecule has 2 rings (SSSR count). The lowest BCUT2D eigenvalue weighted by Crippen LogP contribution is -2.25. The molecule has 0 heteroatoms. The van der Waals surface area contributed by atoms with Crippen molar-refractivity contribution < 1.29 is 0 Å². The van der Waals surface area contributed by atoms with E-state index in [0.717, 1.165) is 11.3 Å². The van der Waals surface area contributed by atoms with E-state index in [2.05, 4.69) is 6.92 Å². The van der Waals surface area contributed by atoms with Crippen LogP contribution in [0, 0.1) is 11.3 Å². The quantitative estimate of drug-likeness (QED) is 0.513. The Labute approximate surface area is 83.1 Å². The van der Waals surface area contributed by atoms with Gasteiger partial charge < -0.3 is 0 Å². The Morgan fingerprint density at radius 2 is 1.46 bits per heavy atom. The average Bonchev–Trinajstić information content (AvgIpc) is 2.29.